The van der Waals surface area contributed by atoms with Gasteiger partial charge in [0.2, 0.25) is 0 Å². The van der Waals surface area contributed by atoms with Gasteiger partial charge in [0.15, 0.2) is 0 Å². The van der Waals surface area contributed by atoms with E-state index in [0.29, 0.717) is 12.3 Å². The molecule has 0 atom stereocenters. The molecule has 2 amide bonds. The van der Waals surface area contributed by atoms with Crippen molar-refractivity contribution in [3.63, 3.8) is 0 Å². The third-order valence-corrected chi connectivity index (χ3v) is 4.60. The Morgan fingerprint density at radius 2 is 1.65 bits per heavy atom. The van der Waals surface area contributed by atoms with E-state index in [9.17, 15) is 9.59 Å². The Hall–Kier alpha value is -3.93. The summed E-state index contributed by atoms with van der Waals surface area (Å²) in [5, 5.41) is 6.45. The molecule has 0 fully saturated rings. The van der Waals surface area contributed by atoms with Gasteiger partial charge in [0.1, 0.15) is 12.4 Å². The summed E-state index contributed by atoms with van der Waals surface area (Å²) < 4.78 is 5.78. The Balaban J connectivity index is 1.49. The van der Waals surface area contributed by atoms with E-state index >= 15 is 0 Å². The van der Waals surface area contributed by atoms with Crippen LogP contribution in [0.15, 0.2) is 71.8 Å². The van der Waals surface area contributed by atoms with Gasteiger partial charge in [-0.2, -0.15) is 5.10 Å². The maximum atomic E-state index is 12.1. The van der Waals surface area contributed by atoms with Crippen molar-refractivity contribution in [2.24, 2.45) is 5.10 Å². The summed E-state index contributed by atoms with van der Waals surface area (Å²) in [6, 6.07) is 21.1. The molecule has 3 aromatic rings. The zero-order chi connectivity index (χ0) is 22.2. The maximum absolute atomic E-state index is 12.1. The van der Waals surface area contributed by atoms with Crippen LogP contribution >= 0.6 is 0 Å². The third kappa shape index (κ3) is 6.54. The molecule has 0 radical (unpaired) electrons. The molecule has 31 heavy (non-hydrogen) atoms. The second kappa shape index (κ2) is 10.2. The van der Waals surface area contributed by atoms with E-state index in [0.717, 1.165) is 28.0 Å². The average molecular weight is 415 g/mol. The lowest BCUT2D eigenvalue weighted by Crippen LogP contribution is -2.32. The van der Waals surface area contributed by atoms with Crippen LogP contribution in [0, 0.1) is 20.8 Å². The van der Waals surface area contributed by atoms with Crippen molar-refractivity contribution in [1.82, 2.24) is 5.43 Å². The number of benzene rings is 3. The summed E-state index contributed by atoms with van der Waals surface area (Å²) in [6.45, 7) is 6.31. The maximum Gasteiger partial charge on any atom is 0.329 e. The second-order valence-electron chi connectivity index (χ2n) is 7.32. The summed E-state index contributed by atoms with van der Waals surface area (Å²) in [5.74, 6) is -0.878. The molecule has 6 nitrogen and oxygen atoms in total. The SMILES string of the molecule is Cc1cccc(COc2ccc(C=NNC(=O)C(=O)Nc3cc(C)ccc3C)cc2)c1. The highest BCUT2D eigenvalue weighted by Crippen LogP contribution is 2.16. The average Bonchev–Trinajstić information content (AvgIpc) is 2.75. The van der Waals surface area contributed by atoms with Crippen molar-refractivity contribution in [2.75, 3.05) is 5.32 Å². The van der Waals surface area contributed by atoms with Crippen LogP contribution in [0.4, 0.5) is 5.69 Å². The van der Waals surface area contributed by atoms with Gasteiger partial charge < -0.3 is 10.1 Å². The van der Waals surface area contributed by atoms with Gasteiger partial charge in [-0.1, -0.05) is 42.0 Å². The summed E-state index contributed by atoms with van der Waals surface area (Å²) in [4.78, 5) is 24.0. The monoisotopic (exact) mass is 415 g/mol. The summed E-state index contributed by atoms with van der Waals surface area (Å²) >= 11 is 0. The Kier molecular flexibility index (Phi) is 7.17. The lowest BCUT2D eigenvalue weighted by Gasteiger charge is -2.08. The molecular weight excluding hydrogens is 390 g/mol. The van der Waals surface area contributed by atoms with Gasteiger partial charge in [-0.05, 0) is 73.4 Å². The number of hydrogen-bond donors (Lipinski definition) is 2. The first-order valence-corrected chi connectivity index (χ1v) is 9.91. The van der Waals surface area contributed by atoms with Gasteiger partial charge in [0.25, 0.3) is 0 Å². The highest BCUT2D eigenvalue weighted by atomic mass is 16.5. The number of amides is 2. The molecule has 0 saturated heterocycles. The molecule has 0 aliphatic carbocycles. The number of anilines is 1. The Morgan fingerprint density at radius 3 is 2.39 bits per heavy atom. The van der Waals surface area contributed by atoms with Crippen molar-refractivity contribution in [3.05, 3.63) is 94.5 Å². The minimum atomic E-state index is -0.838. The molecule has 0 aliphatic rings. The van der Waals surface area contributed by atoms with Gasteiger partial charge >= 0.3 is 11.8 Å². The summed E-state index contributed by atoms with van der Waals surface area (Å²) in [7, 11) is 0. The number of carbonyl (C=O) groups excluding carboxylic acids is 2. The molecule has 0 unspecified atom stereocenters. The van der Waals surface area contributed by atoms with Crippen LogP contribution in [-0.2, 0) is 16.2 Å². The van der Waals surface area contributed by atoms with E-state index in [1.165, 1.54) is 11.8 Å². The Bertz CT molecular complexity index is 1110. The van der Waals surface area contributed by atoms with Crippen molar-refractivity contribution in [1.29, 1.82) is 0 Å². The first-order valence-electron chi connectivity index (χ1n) is 9.91. The fourth-order valence-electron chi connectivity index (χ4n) is 2.88. The van der Waals surface area contributed by atoms with Gasteiger partial charge in [0.05, 0.1) is 6.21 Å². The van der Waals surface area contributed by atoms with Crippen molar-refractivity contribution < 1.29 is 14.3 Å². The number of nitrogens with one attached hydrogen (secondary N) is 2. The first kappa shape index (κ1) is 21.8. The largest absolute Gasteiger partial charge is 0.489 e. The minimum absolute atomic E-state index is 0.487. The minimum Gasteiger partial charge on any atom is -0.489 e. The standard InChI is InChI=1S/C25H25N3O3/c1-17-5-4-6-21(13-17)16-31-22-11-9-20(10-12-22)15-26-28-25(30)24(29)27-23-14-18(2)7-8-19(23)3/h4-15H,16H2,1-3H3,(H,27,29)(H,28,30). The predicted octanol–water partition coefficient (Wildman–Crippen LogP) is 4.28. The van der Waals surface area contributed by atoms with Crippen LogP contribution < -0.4 is 15.5 Å². The molecule has 0 bridgehead atoms. The number of hydrogen-bond acceptors (Lipinski definition) is 4. The molecule has 0 saturated carbocycles. The normalized spacial score (nSPS) is 10.7. The van der Waals surface area contributed by atoms with Gasteiger partial charge in [0, 0.05) is 5.69 Å². The predicted molar refractivity (Wildman–Crippen MR) is 122 cm³/mol. The van der Waals surface area contributed by atoms with Gasteiger partial charge in [-0.25, -0.2) is 5.43 Å². The molecule has 3 rings (SSSR count). The Morgan fingerprint density at radius 1 is 0.903 bits per heavy atom. The van der Waals surface area contributed by atoms with E-state index < -0.39 is 11.8 Å². The van der Waals surface area contributed by atoms with E-state index in [2.05, 4.69) is 21.9 Å². The van der Waals surface area contributed by atoms with E-state index in [-0.39, 0.29) is 0 Å². The number of carbonyl (C=O) groups is 2. The van der Waals surface area contributed by atoms with Crippen LogP contribution in [0.1, 0.15) is 27.8 Å². The van der Waals surface area contributed by atoms with Crippen molar-refractivity contribution in [2.45, 2.75) is 27.4 Å². The number of ether oxygens (including phenoxy) is 1. The smallest absolute Gasteiger partial charge is 0.329 e. The van der Waals surface area contributed by atoms with Crippen LogP contribution in [0.2, 0.25) is 0 Å². The Labute approximate surface area is 182 Å². The fourth-order valence-corrected chi connectivity index (χ4v) is 2.88. The fraction of sp³-hybridized carbons (Fsp3) is 0.160. The molecular formula is C25H25N3O3. The highest BCUT2D eigenvalue weighted by molar-refractivity contribution is 6.39. The van der Waals surface area contributed by atoms with E-state index in [4.69, 9.17) is 4.74 Å². The molecule has 158 valence electrons. The number of rotatable bonds is 6. The zero-order valence-electron chi connectivity index (χ0n) is 17.8. The van der Waals surface area contributed by atoms with Crippen molar-refractivity contribution in [3.8, 4) is 5.75 Å². The van der Waals surface area contributed by atoms with Crippen LogP contribution in [0.5, 0.6) is 5.75 Å². The topological polar surface area (TPSA) is 79.8 Å². The summed E-state index contributed by atoms with van der Waals surface area (Å²) in [5.41, 5.74) is 7.77. The van der Waals surface area contributed by atoms with Crippen LogP contribution in [-0.4, -0.2) is 18.0 Å². The van der Waals surface area contributed by atoms with E-state index in [1.807, 2.05) is 81.4 Å². The quantitative estimate of drug-likeness (QED) is 0.358. The molecule has 0 aromatic heterocycles. The molecule has 6 heteroatoms. The van der Waals surface area contributed by atoms with E-state index in [1.54, 1.807) is 0 Å². The molecule has 0 aliphatic heterocycles. The molecule has 0 spiro atoms. The first-order chi connectivity index (χ1) is 14.9. The highest BCUT2D eigenvalue weighted by Gasteiger charge is 2.14. The van der Waals surface area contributed by atoms with Gasteiger partial charge in [-0.15, -0.1) is 0 Å². The molecule has 0 heterocycles. The second-order valence-corrected chi connectivity index (χ2v) is 7.32. The van der Waals surface area contributed by atoms with Crippen LogP contribution in [0.3, 0.4) is 0 Å². The number of nitrogens with zero attached hydrogens (tertiary/aromatic N) is 1. The zero-order valence-corrected chi connectivity index (χ0v) is 17.8. The molecule has 3 aromatic carbocycles. The van der Waals surface area contributed by atoms with Crippen molar-refractivity contribution >= 4 is 23.7 Å². The van der Waals surface area contributed by atoms with Gasteiger partial charge in [-0.3, -0.25) is 9.59 Å². The lowest BCUT2D eigenvalue weighted by molar-refractivity contribution is -0.136. The number of hydrazone groups is 1. The third-order valence-electron chi connectivity index (χ3n) is 4.60. The lowest BCUT2D eigenvalue weighted by atomic mass is 10.1. The van der Waals surface area contributed by atoms with Crippen LogP contribution in [0.25, 0.3) is 0 Å². The number of aryl methyl sites for hydroxylation is 3. The summed E-state index contributed by atoms with van der Waals surface area (Å²) in [6.07, 6.45) is 1.47. The molecule has 2 N–H and O–H groups in total.